The van der Waals surface area contributed by atoms with Gasteiger partial charge in [-0.3, -0.25) is 0 Å². The summed E-state index contributed by atoms with van der Waals surface area (Å²) < 4.78 is 19.1. The van der Waals surface area contributed by atoms with Crippen molar-refractivity contribution in [2.45, 2.75) is 59.3 Å². The van der Waals surface area contributed by atoms with E-state index >= 15 is 0 Å². The summed E-state index contributed by atoms with van der Waals surface area (Å²) in [4.78, 5) is 2.48. The molecule has 56 heavy (non-hydrogen) atoms. The zero-order valence-electron chi connectivity index (χ0n) is 33.0. The fourth-order valence-corrected chi connectivity index (χ4v) is 20.9. The Morgan fingerprint density at radius 3 is 1.46 bits per heavy atom. The molecule has 3 nitrogen and oxygen atoms in total. The molecular formula is C51H46BGeNO2. The van der Waals surface area contributed by atoms with Gasteiger partial charge in [-0.25, -0.2) is 0 Å². The van der Waals surface area contributed by atoms with E-state index in [2.05, 4.69) is 198 Å². The van der Waals surface area contributed by atoms with Gasteiger partial charge in [0.1, 0.15) is 0 Å². The Labute approximate surface area is 334 Å². The predicted molar refractivity (Wildman–Crippen MR) is 238 cm³/mol. The summed E-state index contributed by atoms with van der Waals surface area (Å²) in [6.07, 6.45) is 0. The molecule has 0 aromatic heterocycles. The topological polar surface area (TPSA) is 21.7 Å². The number of ether oxygens (including phenoxy) is 2. The number of anilines is 3. The standard InChI is InChI=1S/C51H46BGeNO2/c1-32(2)35-29-37(33(3)4)51(38(30-35)34(5)6)52-39-17-7-14-24-47(39)55-50-31-36(27-28-40(50)52)54-45-22-12-8-18-41(45)53(42-19-9-13-23-46(42)54)43-20-10-15-25-48(43)56-49-26-16-11-21-44(49)53/h7-34H,1-6H3. The van der Waals surface area contributed by atoms with Gasteiger partial charge >= 0.3 is 316 Å². The molecule has 274 valence electrons. The van der Waals surface area contributed by atoms with Crippen molar-refractivity contribution in [3.05, 3.63) is 168 Å². The number of hydrogen-bond donors (Lipinski definition) is 0. The van der Waals surface area contributed by atoms with Crippen molar-refractivity contribution in [2.24, 2.45) is 0 Å². The molecule has 0 saturated carbocycles. The second kappa shape index (κ2) is 13.3. The molecule has 0 bridgehead atoms. The SMILES string of the molecule is CC(C)c1cc(C(C)C)c(B2c3ccccc3Oc3cc(N4c5cccc[c]5[Ge]5([c]6ccccc6Oc6cccc[c]65)[c]5ccccc54)ccc32)c(C(C)C)c1. The predicted octanol–water partition coefficient (Wildman–Crippen LogP) is 8.95. The van der Waals surface area contributed by atoms with Gasteiger partial charge in [0.25, 0.3) is 0 Å². The zero-order chi connectivity index (χ0) is 38.3. The van der Waals surface area contributed by atoms with Gasteiger partial charge in [-0.1, -0.05) is 13.8 Å². The molecule has 1 spiro atoms. The number of hydrogen-bond acceptors (Lipinski definition) is 3. The Morgan fingerprint density at radius 1 is 0.446 bits per heavy atom. The van der Waals surface area contributed by atoms with E-state index < -0.39 is 13.3 Å². The molecule has 7 aromatic carbocycles. The van der Waals surface area contributed by atoms with Crippen LogP contribution in [-0.4, -0.2) is 20.0 Å². The summed E-state index contributed by atoms with van der Waals surface area (Å²) in [7, 11) is 0. The molecular weight excluding hydrogens is 742 g/mol. The Morgan fingerprint density at radius 2 is 0.911 bits per heavy atom. The van der Waals surface area contributed by atoms with Gasteiger partial charge in [-0.15, -0.1) is 0 Å². The number of para-hydroxylation sites is 5. The normalized spacial score (nSPS) is 14.4. The van der Waals surface area contributed by atoms with Crippen LogP contribution in [0.4, 0.5) is 17.1 Å². The summed E-state index contributed by atoms with van der Waals surface area (Å²) in [6.45, 7) is 14.1. The molecule has 0 unspecified atom stereocenters. The number of nitrogens with zero attached hydrogens (tertiary/aromatic N) is 1. The molecule has 0 aliphatic carbocycles. The number of benzene rings is 7. The van der Waals surface area contributed by atoms with E-state index in [0.29, 0.717) is 17.8 Å². The summed E-state index contributed by atoms with van der Waals surface area (Å²) in [5.41, 5.74) is 11.7. The molecule has 3 heterocycles. The molecule has 0 amide bonds. The van der Waals surface area contributed by atoms with Crippen LogP contribution in [0.15, 0.2) is 152 Å². The molecule has 10 rings (SSSR count). The Bertz CT molecular complexity index is 2560. The van der Waals surface area contributed by atoms with E-state index in [1.807, 2.05) is 0 Å². The van der Waals surface area contributed by atoms with Crippen LogP contribution in [-0.2, 0) is 0 Å². The van der Waals surface area contributed by atoms with Crippen molar-refractivity contribution >= 4 is 71.0 Å². The minimum absolute atomic E-state index is 0.0504. The van der Waals surface area contributed by atoms with E-state index in [-0.39, 0.29) is 6.71 Å². The fraction of sp³-hybridized carbons (Fsp3) is 0.176. The van der Waals surface area contributed by atoms with Gasteiger partial charge in [0.05, 0.1) is 0 Å². The molecule has 3 aliphatic rings. The second-order valence-electron chi connectivity index (χ2n) is 16.6. The molecule has 0 N–H and O–H groups in total. The first-order valence-electron chi connectivity index (χ1n) is 20.2. The summed E-state index contributed by atoms with van der Waals surface area (Å²) in [6, 6.07) is 56.4. The number of rotatable bonds is 5. The van der Waals surface area contributed by atoms with Gasteiger partial charge in [-0.2, -0.15) is 0 Å². The van der Waals surface area contributed by atoms with Crippen LogP contribution in [0.3, 0.4) is 0 Å². The van der Waals surface area contributed by atoms with Crippen molar-refractivity contribution in [2.75, 3.05) is 4.90 Å². The summed E-state index contributed by atoms with van der Waals surface area (Å²) in [5, 5.41) is 0. The summed E-state index contributed by atoms with van der Waals surface area (Å²) >= 11 is -3.58. The van der Waals surface area contributed by atoms with E-state index in [0.717, 1.165) is 28.7 Å². The van der Waals surface area contributed by atoms with Crippen LogP contribution in [0.5, 0.6) is 23.0 Å². The summed E-state index contributed by atoms with van der Waals surface area (Å²) in [5.74, 6) is 5.00. The third-order valence-electron chi connectivity index (χ3n) is 12.4. The van der Waals surface area contributed by atoms with E-state index in [4.69, 9.17) is 9.47 Å². The Balaban J connectivity index is 1.20. The Kier molecular flexibility index (Phi) is 8.34. The van der Waals surface area contributed by atoms with Crippen LogP contribution in [0, 0.1) is 0 Å². The van der Waals surface area contributed by atoms with Crippen molar-refractivity contribution in [1.82, 2.24) is 0 Å². The maximum atomic E-state index is 6.97. The number of fused-ring (bicyclic) bond motifs is 10. The van der Waals surface area contributed by atoms with E-state index in [1.165, 1.54) is 62.0 Å². The molecule has 5 heteroatoms. The van der Waals surface area contributed by atoms with Gasteiger partial charge < -0.3 is 0 Å². The molecule has 0 saturated heterocycles. The van der Waals surface area contributed by atoms with E-state index in [9.17, 15) is 0 Å². The molecule has 0 fully saturated rings. The average Bonchev–Trinajstić information content (AvgIpc) is 3.22. The molecule has 7 aromatic rings. The van der Waals surface area contributed by atoms with Crippen LogP contribution in [0.1, 0.15) is 76.0 Å². The first-order chi connectivity index (χ1) is 27.3. The average molecular weight is 788 g/mol. The zero-order valence-corrected chi connectivity index (χ0v) is 35.1. The third kappa shape index (κ3) is 5.11. The van der Waals surface area contributed by atoms with Gasteiger partial charge in [0.2, 0.25) is 0 Å². The first-order valence-corrected chi connectivity index (χ1v) is 24.4. The monoisotopic (exact) mass is 789 g/mol. The van der Waals surface area contributed by atoms with Crippen molar-refractivity contribution in [3.63, 3.8) is 0 Å². The fourth-order valence-electron chi connectivity index (χ4n) is 9.84. The minimum atomic E-state index is -3.58. The quantitative estimate of drug-likeness (QED) is 0.163. The van der Waals surface area contributed by atoms with Crippen LogP contribution in [0.25, 0.3) is 0 Å². The van der Waals surface area contributed by atoms with E-state index in [1.54, 1.807) is 0 Å². The van der Waals surface area contributed by atoms with Crippen LogP contribution >= 0.6 is 0 Å². The van der Waals surface area contributed by atoms with Crippen molar-refractivity contribution in [1.29, 1.82) is 0 Å². The van der Waals surface area contributed by atoms with Gasteiger partial charge in [0.15, 0.2) is 0 Å². The van der Waals surface area contributed by atoms with Gasteiger partial charge in [-0.05, 0) is 5.92 Å². The third-order valence-corrected chi connectivity index (χ3v) is 22.7. The molecule has 0 radical (unpaired) electrons. The first kappa shape index (κ1) is 35.0. The Hall–Kier alpha value is -5.45. The maximum absolute atomic E-state index is 6.97. The molecule has 0 atom stereocenters. The second-order valence-corrected chi connectivity index (χ2v) is 24.3. The van der Waals surface area contributed by atoms with Crippen LogP contribution in [0.2, 0.25) is 0 Å². The van der Waals surface area contributed by atoms with Crippen molar-refractivity contribution < 1.29 is 9.47 Å². The molecule has 3 aliphatic heterocycles. The van der Waals surface area contributed by atoms with Crippen molar-refractivity contribution in [3.8, 4) is 23.0 Å². The van der Waals surface area contributed by atoms with Crippen LogP contribution < -0.4 is 48.3 Å². The van der Waals surface area contributed by atoms with Gasteiger partial charge in [0, 0.05) is 0 Å².